The molecule has 0 aliphatic heterocycles. The highest BCUT2D eigenvalue weighted by Crippen LogP contribution is 2.37. The zero-order valence-corrected chi connectivity index (χ0v) is 8.76. The van der Waals surface area contributed by atoms with Crippen LogP contribution in [0.15, 0.2) is 23.3 Å². The summed E-state index contributed by atoms with van der Waals surface area (Å²) in [4.78, 5) is 4.14. The number of rotatable bonds is 1. The SMILES string of the molecule is C=C1C=Cc2c(OC)ncc(Br)c21. The van der Waals surface area contributed by atoms with E-state index < -0.39 is 0 Å². The third kappa shape index (κ3) is 1.20. The van der Waals surface area contributed by atoms with E-state index >= 15 is 0 Å². The van der Waals surface area contributed by atoms with E-state index in [-0.39, 0.29) is 0 Å². The molecule has 0 unspecified atom stereocenters. The molecule has 1 aliphatic carbocycles. The van der Waals surface area contributed by atoms with Crippen LogP contribution in [0.5, 0.6) is 5.88 Å². The second-order valence-corrected chi connectivity index (χ2v) is 3.62. The fourth-order valence-corrected chi connectivity index (χ4v) is 1.97. The number of hydrogen-bond acceptors (Lipinski definition) is 2. The quantitative estimate of drug-likeness (QED) is 0.750. The Labute approximate surface area is 85.1 Å². The van der Waals surface area contributed by atoms with Crippen LogP contribution in [0.25, 0.3) is 11.6 Å². The molecule has 0 saturated carbocycles. The average Bonchev–Trinajstić information content (AvgIpc) is 2.50. The maximum atomic E-state index is 5.14. The average molecular weight is 238 g/mol. The molecule has 2 nitrogen and oxygen atoms in total. The molecule has 1 aromatic heterocycles. The summed E-state index contributed by atoms with van der Waals surface area (Å²) < 4.78 is 6.09. The van der Waals surface area contributed by atoms with Gasteiger partial charge in [-0.05, 0) is 27.6 Å². The van der Waals surface area contributed by atoms with Crippen LogP contribution in [0.2, 0.25) is 0 Å². The van der Waals surface area contributed by atoms with Crippen molar-refractivity contribution in [2.75, 3.05) is 7.11 Å². The van der Waals surface area contributed by atoms with Gasteiger partial charge < -0.3 is 4.74 Å². The number of methoxy groups -OCH3 is 1. The lowest BCUT2D eigenvalue weighted by Crippen LogP contribution is -1.93. The number of hydrogen-bond donors (Lipinski definition) is 0. The summed E-state index contributed by atoms with van der Waals surface area (Å²) in [5.74, 6) is 0.646. The molecule has 1 aromatic rings. The molecule has 3 heteroatoms. The largest absolute Gasteiger partial charge is 0.481 e. The van der Waals surface area contributed by atoms with Crippen LogP contribution in [0.4, 0.5) is 0 Å². The van der Waals surface area contributed by atoms with Crippen LogP contribution in [0.3, 0.4) is 0 Å². The number of ether oxygens (including phenoxy) is 1. The normalized spacial score (nSPS) is 13.2. The maximum Gasteiger partial charge on any atom is 0.221 e. The van der Waals surface area contributed by atoms with Crippen molar-refractivity contribution >= 4 is 27.6 Å². The molecule has 0 fully saturated rings. The Balaban J connectivity index is 2.71. The molecular formula is C10H8BrNO. The smallest absolute Gasteiger partial charge is 0.221 e. The molecule has 0 bridgehead atoms. The second-order valence-electron chi connectivity index (χ2n) is 2.76. The van der Waals surface area contributed by atoms with Crippen LogP contribution < -0.4 is 4.74 Å². The molecule has 1 heterocycles. The summed E-state index contributed by atoms with van der Waals surface area (Å²) in [5.41, 5.74) is 3.07. The number of halogens is 1. The standard InChI is InChI=1S/C10H8BrNO/c1-6-3-4-7-9(6)8(11)5-12-10(7)13-2/h3-5H,1H2,2H3. The van der Waals surface area contributed by atoms with Gasteiger partial charge >= 0.3 is 0 Å². The van der Waals surface area contributed by atoms with E-state index in [1.165, 1.54) is 0 Å². The van der Waals surface area contributed by atoms with Gasteiger partial charge in [-0.2, -0.15) is 0 Å². The van der Waals surface area contributed by atoms with Gasteiger partial charge in [-0.25, -0.2) is 4.98 Å². The zero-order chi connectivity index (χ0) is 9.42. The molecule has 1 aliphatic rings. The summed E-state index contributed by atoms with van der Waals surface area (Å²) >= 11 is 3.43. The minimum Gasteiger partial charge on any atom is -0.481 e. The molecule has 0 spiro atoms. The molecule has 0 saturated heterocycles. The van der Waals surface area contributed by atoms with Gasteiger partial charge in [0.05, 0.1) is 7.11 Å². The van der Waals surface area contributed by atoms with Crippen LogP contribution in [0, 0.1) is 0 Å². The van der Waals surface area contributed by atoms with E-state index in [1.807, 2.05) is 12.2 Å². The van der Waals surface area contributed by atoms with E-state index in [4.69, 9.17) is 4.74 Å². The highest BCUT2D eigenvalue weighted by atomic mass is 79.9. The number of pyridine rings is 1. The van der Waals surface area contributed by atoms with Gasteiger partial charge in [0.1, 0.15) is 0 Å². The summed E-state index contributed by atoms with van der Waals surface area (Å²) in [5, 5.41) is 0. The van der Waals surface area contributed by atoms with E-state index in [0.29, 0.717) is 5.88 Å². The molecule has 0 N–H and O–H groups in total. The van der Waals surface area contributed by atoms with Gasteiger partial charge in [-0.1, -0.05) is 12.7 Å². The Kier molecular flexibility index (Phi) is 1.96. The van der Waals surface area contributed by atoms with E-state index in [2.05, 4.69) is 27.5 Å². The van der Waals surface area contributed by atoms with Gasteiger partial charge in [0.15, 0.2) is 0 Å². The first-order valence-electron chi connectivity index (χ1n) is 3.84. The van der Waals surface area contributed by atoms with Crippen molar-refractivity contribution in [3.8, 4) is 5.88 Å². The predicted octanol–water partition coefficient (Wildman–Crippen LogP) is 2.89. The molecule has 0 amide bonds. The van der Waals surface area contributed by atoms with Crippen LogP contribution in [-0.4, -0.2) is 12.1 Å². The second kappa shape index (κ2) is 3.00. The van der Waals surface area contributed by atoms with Crippen LogP contribution in [-0.2, 0) is 0 Å². The molecule has 0 radical (unpaired) electrons. The van der Waals surface area contributed by atoms with Gasteiger partial charge in [0.25, 0.3) is 0 Å². The Morgan fingerprint density at radius 3 is 2.92 bits per heavy atom. The van der Waals surface area contributed by atoms with Crippen molar-refractivity contribution in [2.24, 2.45) is 0 Å². The number of fused-ring (bicyclic) bond motifs is 1. The van der Waals surface area contributed by atoms with Crippen molar-refractivity contribution in [3.63, 3.8) is 0 Å². The lowest BCUT2D eigenvalue weighted by atomic mass is 10.1. The third-order valence-electron chi connectivity index (χ3n) is 2.00. The van der Waals surface area contributed by atoms with Crippen molar-refractivity contribution in [2.45, 2.75) is 0 Å². The Morgan fingerprint density at radius 1 is 1.46 bits per heavy atom. The monoisotopic (exact) mass is 237 g/mol. The highest BCUT2D eigenvalue weighted by Gasteiger charge is 2.17. The van der Waals surface area contributed by atoms with E-state index in [1.54, 1.807) is 13.3 Å². The van der Waals surface area contributed by atoms with E-state index in [0.717, 1.165) is 21.2 Å². The first kappa shape index (κ1) is 8.51. The lowest BCUT2D eigenvalue weighted by molar-refractivity contribution is 0.396. The summed E-state index contributed by atoms with van der Waals surface area (Å²) in [6, 6.07) is 0. The first-order chi connectivity index (χ1) is 6.24. The molecule has 0 aromatic carbocycles. The molecule has 66 valence electrons. The summed E-state index contributed by atoms with van der Waals surface area (Å²) in [6.45, 7) is 3.93. The Bertz CT molecular complexity index is 410. The van der Waals surface area contributed by atoms with Crippen molar-refractivity contribution in [3.05, 3.63) is 34.5 Å². The zero-order valence-electron chi connectivity index (χ0n) is 7.17. The summed E-state index contributed by atoms with van der Waals surface area (Å²) in [7, 11) is 1.62. The number of aromatic nitrogens is 1. The van der Waals surface area contributed by atoms with E-state index in [9.17, 15) is 0 Å². The fraction of sp³-hybridized carbons (Fsp3) is 0.100. The number of nitrogens with zero attached hydrogens (tertiary/aromatic N) is 1. The lowest BCUT2D eigenvalue weighted by Gasteiger charge is -2.06. The van der Waals surface area contributed by atoms with Crippen LogP contribution >= 0.6 is 15.9 Å². The Hall–Kier alpha value is -1.09. The van der Waals surface area contributed by atoms with Crippen molar-refractivity contribution in [1.82, 2.24) is 4.98 Å². The van der Waals surface area contributed by atoms with Gasteiger partial charge in [0, 0.05) is 21.8 Å². The predicted molar refractivity (Wildman–Crippen MR) is 56.6 cm³/mol. The molecule has 13 heavy (non-hydrogen) atoms. The fourth-order valence-electron chi connectivity index (χ4n) is 1.40. The number of allylic oxidation sites excluding steroid dienone is 2. The minimum absolute atomic E-state index is 0.646. The molecule has 2 rings (SSSR count). The third-order valence-corrected chi connectivity index (χ3v) is 2.60. The summed E-state index contributed by atoms with van der Waals surface area (Å²) in [6.07, 6.45) is 5.66. The minimum atomic E-state index is 0.646. The van der Waals surface area contributed by atoms with Gasteiger partial charge in [-0.15, -0.1) is 0 Å². The van der Waals surface area contributed by atoms with Crippen molar-refractivity contribution in [1.29, 1.82) is 0 Å². The molecule has 0 atom stereocenters. The van der Waals surface area contributed by atoms with Gasteiger partial charge in [-0.3, -0.25) is 0 Å². The van der Waals surface area contributed by atoms with Gasteiger partial charge in [0.2, 0.25) is 5.88 Å². The topological polar surface area (TPSA) is 22.1 Å². The Morgan fingerprint density at radius 2 is 2.23 bits per heavy atom. The highest BCUT2D eigenvalue weighted by molar-refractivity contribution is 9.10. The molecular weight excluding hydrogens is 230 g/mol. The van der Waals surface area contributed by atoms with Crippen molar-refractivity contribution < 1.29 is 4.74 Å². The van der Waals surface area contributed by atoms with Crippen LogP contribution in [0.1, 0.15) is 11.1 Å². The maximum absolute atomic E-state index is 5.14. The first-order valence-corrected chi connectivity index (χ1v) is 4.63.